The molecule has 1 aromatic carbocycles. The van der Waals surface area contributed by atoms with Crippen LogP contribution in [0.2, 0.25) is 0 Å². The summed E-state index contributed by atoms with van der Waals surface area (Å²) in [6.45, 7) is 0. The first kappa shape index (κ1) is 13.8. The van der Waals surface area contributed by atoms with Crippen LogP contribution in [0.3, 0.4) is 0 Å². The Morgan fingerprint density at radius 2 is 1.86 bits per heavy atom. The van der Waals surface area contributed by atoms with E-state index in [1.165, 1.54) is 18.2 Å². The number of benzene rings is 1. The maximum absolute atomic E-state index is 13.0. The van der Waals surface area contributed by atoms with Gasteiger partial charge in [0.2, 0.25) is 0 Å². The molecule has 1 aromatic rings. The van der Waals surface area contributed by atoms with Gasteiger partial charge in [-0.15, -0.1) is 8.78 Å². The van der Waals surface area contributed by atoms with Crippen molar-refractivity contribution >= 4 is 5.91 Å². The molecule has 0 spiro atoms. The summed E-state index contributed by atoms with van der Waals surface area (Å²) in [7, 11) is 0. The van der Waals surface area contributed by atoms with Crippen molar-refractivity contribution in [2.45, 2.75) is 50.1 Å². The maximum Gasteiger partial charge on any atom is 0.586 e. The number of carbonyl (C=O) groups excluding carboxylic acids is 1. The van der Waals surface area contributed by atoms with Crippen molar-refractivity contribution in [1.29, 1.82) is 0 Å². The third-order valence-corrected chi connectivity index (χ3v) is 4.47. The highest BCUT2D eigenvalue weighted by atomic mass is 19.3. The van der Waals surface area contributed by atoms with Crippen LogP contribution in [0.25, 0.3) is 0 Å². The number of halogens is 2. The summed E-state index contributed by atoms with van der Waals surface area (Å²) in [5.74, 6) is -0.433. The molecule has 2 N–H and O–H groups in total. The molecule has 4 rings (SSSR count). The molecule has 3 heterocycles. The minimum Gasteiger partial charge on any atom is -0.395 e. The number of carbonyl (C=O) groups is 1. The van der Waals surface area contributed by atoms with E-state index in [0.717, 1.165) is 25.7 Å². The Morgan fingerprint density at radius 1 is 1.18 bits per heavy atom. The van der Waals surface area contributed by atoms with Crippen LogP contribution in [0.4, 0.5) is 8.78 Å². The van der Waals surface area contributed by atoms with Crippen LogP contribution >= 0.6 is 0 Å². The second-order valence-corrected chi connectivity index (χ2v) is 6.11. The molecule has 0 radical (unpaired) electrons. The lowest BCUT2D eigenvalue weighted by atomic mass is 9.99. The number of ether oxygens (including phenoxy) is 2. The third-order valence-electron chi connectivity index (χ3n) is 4.47. The average Bonchev–Trinajstić information content (AvgIpc) is 2.95. The summed E-state index contributed by atoms with van der Waals surface area (Å²) in [5.41, 5.74) is 0.297. The van der Waals surface area contributed by atoms with Crippen molar-refractivity contribution in [2.75, 3.05) is 0 Å². The van der Waals surface area contributed by atoms with Gasteiger partial charge in [0.1, 0.15) is 0 Å². The highest BCUT2D eigenvalue weighted by Crippen LogP contribution is 2.41. The van der Waals surface area contributed by atoms with Gasteiger partial charge in [0.25, 0.3) is 5.91 Å². The molecule has 2 bridgehead atoms. The van der Waals surface area contributed by atoms with E-state index in [2.05, 4.69) is 20.1 Å². The third kappa shape index (κ3) is 2.49. The van der Waals surface area contributed by atoms with E-state index in [4.69, 9.17) is 0 Å². The van der Waals surface area contributed by atoms with Crippen LogP contribution in [0.1, 0.15) is 36.0 Å². The van der Waals surface area contributed by atoms with Crippen molar-refractivity contribution in [3.8, 4) is 11.5 Å². The highest BCUT2D eigenvalue weighted by molar-refractivity contribution is 5.95. The molecule has 1 amide bonds. The Kier molecular flexibility index (Phi) is 3.00. The second kappa shape index (κ2) is 4.81. The zero-order valence-electron chi connectivity index (χ0n) is 11.8. The first-order chi connectivity index (χ1) is 10.5. The summed E-state index contributed by atoms with van der Waals surface area (Å²) >= 11 is 0. The zero-order valence-corrected chi connectivity index (χ0v) is 11.8. The molecule has 0 saturated carbocycles. The first-order valence-corrected chi connectivity index (χ1v) is 7.45. The van der Waals surface area contributed by atoms with Gasteiger partial charge in [-0.3, -0.25) is 4.79 Å². The predicted molar refractivity (Wildman–Crippen MR) is 73.1 cm³/mol. The lowest BCUT2D eigenvalue weighted by Gasteiger charge is -2.29. The van der Waals surface area contributed by atoms with Crippen molar-refractivity contribution in [3.63, 3.8) is 0 Å². The molecule has 0 aromatic heterocycles. The Morgan fingerprint density at radius 3 is 2.59 bits per heavy atom. The van der Waals surface area contributed by atoms with E-state index in [1.807, 2.05) is 0 Å². The molecule has 3 aliphatic heterocycles. The minimum absolute atomic E-state index is 0.0542. The average molecular weight is 310 g/mol. The Hall–Kier alpha value is -1.89. The van der Waals surface area contributed by atoms with Crippen molar-refractivity contribution in [1.82, 2.24) is 10.6 Å². The summed E-state index contributed by atoms with van der Waals surface area (Å²) in [6, 6.07) is 5.16. The van der Waals surface area contributed by atoms with Gasteiger partial charge < -0.3 is 20.1 Å². The number of hydrogen-bond acceptors (Lipinski definition) is 4. The van der Waals surface area contributed by atoms with Crippen molar-refractivity contribution in [3.05, 3.63) is 23.8 Å². The first-order valence-electron chi connectivity index (χ1n) is 7.45. The molecular weight excluding hydrogens is 294 g/mol. The maximum atomic E-state index is 13.0. The monoisotopic (exact) mass is 310 g/mol. The van der Waals surface area contributed by atoms with E-state index in [1.54, 1.807) is 0 Å². The second-order valence-electron chi connectivity index (χ2n) is 6.11. The van der Waals surface area contributed by atoms with Gasteiger partial charge in [-0.2, -0.15) is 0 Å². The molecule has 22 heavy (non-hydrogen) atoms. The summed E-state index contributed by atoms with van der Waals surface area (Å²) in [6.07, 6.45) is 0.452. The molecule has 2 atom stereocenters. The summed E-state index contributed by atoms with van der Waals surface area (Å²) < 4.78 is 34.7. The number of nitrogens with one attached hydrogen (secondary N) is 2. The van der Waals surface area contributed by atoms with Gasteiger partial charge in [-0.25, -0.2) is 0 Å². The van der Waals surface area contributed by atoms with Gasteiger partial charge in [-0.05, 0) is 43.9 Å². The highest BCUT2D eigenvalue weighted by Gasteiger charge is 2.43. The number of rotatable bonds is 2. The van der Waals surface area contributed by atoms with Crippen LogP contribution in [0.5, 0.6) is 11.5 Å². The van der Waals surface area contributed by atoms with Crippen LogP contribution in [-0.2, 0) is 0 Å². The molecule has 2 saturated heterocycles. The standard InChI is InChI=1S/C15H16F2N2O3/c16-15(17)21-12-4-1-8(5-13(12)22-15)14(20)19-11-6-9-2-3-10(7-11)18-9/h1,4-5,9-11,18H,2-3,6-7H2,(H,19,20). The van der Waals surface area contributed by atoms with Gasteiger partial charge >= 0.3 is 6.29 Å². The van der Waals surface area contributed by atoms with Crippen LogP contribution < -0.4 is 20.1 Å². The summed E-state index contributed by atoms with van der Waals surface area (Å²) in [5, 5.41) is 6.49. The topological polar surface area (TPSA) is 59.6 Å². The van der Waals surface area contributed by atoms with E-state index in [0.29, 0.717) is 17.6 Å². The van der Waals surface area contributed by atoms with Crippen molar-refractivity contribution < 1.29 is 23.0 Å². The van der Waals surface area contributed by atoms with Gasteiger partial charge in [0, 0.05) is 23.7 Å². The Balaban J connectivity index is 1.45. The molecule has 2 fully saturated rings. The quantitative estimate of drug-likeness (QED) is 0.877. The largest absolute Gasteiger partial charge is 0.586 e. The fraction of sp³-hybridized carbons (Fsp3) is 0.533. The molecule has 3 aliphatic rings. The van der Waals surface area contributed by atoms with E-state index in [-0.39, 0.29) is 23.4 Å². The van der Waals surface area contributed by atoms with Gasteiger partial charge in [-0.1, -0.05) is 0 Å². The Bertz CT molecular complexity index is 611. The molecule has 2 unspecified atom stereocenters. The van der Waals surface area contributed by atoms with Gasteiger partial charge in [0.15, 0.2) is 11.5 Å². The predicted octanol–water partition coefficient (Wildman–Crippen LogP) is 2.02. The lowest BCUT2D eigenvalue weighted by Crippen LogP contribution is -2.48. The van der Waals surface area contributed by atoms with Crippen LogP contribution in [0.15, 0.2) is 18.2 Å². The molecule has 7 heteroatoms. The number of fused-ring (bicyclic) bond motifs is 3. The number of piperidine rings is 1. The molecule has 5 nitrogen and oxygen atoms in total. The fourth-order valence-corrected chi connectivity index (χ4v) is 3.53. The number of amides is 1. The van der Waals surface area contributed by atoms with Crippen LogP contribution in [-0.4, -0.2) is 30.3 Å². The molecule has 0 aliphatic carbocycles. The number of alkyl halides is 2. The molecule has 118 valence electrons. The lowest BCUT2D eigenvalue weighted by molar-refractivity contribution is -0.286. The minimum atomic E-state index is -3.66. The SMILES string of the molecule is O=C(NC1CC2CCC(C1)N2)c1ccc2c(c1)OC(F)(F)O2. The smallest absolute Gasteiger partial charge is 0.395 e. The van der Waals surface area contributed by atoms with E-state index >= 15 is 0 Å². The summed E-state index contributed by atoms with van der Waals surface area (Å²) in [4.78, 5) is 12.3. The Labute approximate surface area is 126 Å². The van der Waals surface area contributed by atoms with E-state index < -0.39 is 6.29 Å². The molecular formula is C15H16F2N2O3. The fourth-order valence-electron chi connectivity index (χ4n) is 3.53. The van der Waals surface area contributed by atoms with Gasteiger partial charge in [0.05, 0.1) is 0 Å². The zero-order chi connectivity index (χ0) is 15.3. The van der Waals surface area contributed by atoms with E-state index in [9.17, 15) is 13.6 Å². The van der Waals surface area contributed by atoms with Crippen LogP contribution in [0, 0.1) is 0 Å². The van der Waals surface area contributed by atoms with Crippen molar-refractivity contribution in [2.24, 2.45) is 0 Å². The normalized spacial score (nSPS) is 31.1. The number of hydrogen-bond donors (Lipinski definition) is 2.